The van der Waals surface area contributed by atoms with E-state index in [0.717, 1.165) is 11.3 Å². The Balaban J connectivity index is 1.70. The number of anilines is 1. The van der Waals surface area contributed by atoms with Gasteiger partial charge in [-0.2, -0.15) is 0 Å². The number of benzene rings is 1. The van der Waals surface area contributed by atoms with Crippen molar-refractivity contribution in [3.8, 4) is 11.3 Å². The summed E-state index contributed by atoms with van der Waals surface area (Å²) in [6.07, 6.45) is 0. The van der Waals surface area contributed by atoms with E-state index in [9.17, 15) is 9.59 Å². The van der Waals surface area contributed by atoms with Gasteiger partial charge in [0.1, 0.15) is 0 Å². The van der Waals surface area contributed by atoms with Crippen LogP contribution in [-0.4, -0.2) is 15.3 Å². The fourth-order valence-electron chi connectivity index (χ4n) is 2.62. The van der Waals surface area contributed by atoms with Crippen LogP contribution in [0.3, 0.4) is 0 Å². The first-order chi connectivity index (χ1) is 12.5. The molecule has 0 aliphatic rings. The summed E-state index contributed by atoms with van der Waals surface area (Å²) in [5.41, 5.74) is 2.71. The van der Waals surface area contributed by atoms with Crippen molar-refractivity contribution in [1.29, 1.82) is 0 Å². The normalized spacial score (nSPS) is 11.0. The van der Waals surface area contributed by atoms with Crippen molar-refractivity contribution < 1.29 is 9.21 Å². The SMILES string of the molecule is Cc1cc(=O)n2c(-c3cccc(NC(=O)c4ccc(Br)o4)c3)csc2n1. The van der Waals surface area contributed by atoms with Crippen molar-refractivity contribution >= 4 is 43.8 Å². The molecule has 4 aromatic rings. The number of aryl methyl sites for hydroxylation is 1. The summed E-state index contributed by atoms with van der Waals surface area (Å²) in [6.45, 7) is 1.80. The number of nitrogens with one attached hydrogen (secondary N) is 1. The molecule has 1 N–H and O–H groups in total. The molecule has 0 unspecified atom stereocenters. The molecule has 0 saturated heterocycles. The lowest BCUT2D eigenvalue weighted by molar-refractivity contribution is 0.0995. The minimum atomic E-state index is -0.350. The first-order valence-corrected chi connectivity index (χ1v) is 9.33. The average molecular weight is 430 g/mol. The van der Waals surface area contributed by atoms with Crippen molar-refractivity contribution in [3.05, 3.63) is 74.3 Å². The molecule has 1 aromatic carbocycles. The predicted octanol–water partition coefficient (Wildman–Crippen LogP) is 4.34. The number of hydrogen-bond donors (Lipinski definition) is 1. The molecule has 3 aromatic heterocycles. The molecular formula is C18H12BrN3O3S. The third kappa shape index (κ3) is 3.09. The summed E-state index contributed by atoms with van der Waals surface area (Å²) in [5, 5.41) is 4.68. The van der Waals surface area contributed by atoms with E-state index in [1.54, 1.807) is 29.5 Å². The third-order valence-corrected chi connectivity index (χ3v) is 5.00. The van der Waals surface area contributed by atoms with Gasteiger partial charge in [0.2, 0.25) is 0 Å². The largest absolute Gasteiger partial charge is 0.444 e. The quantitative estimate of drug-likeness (QED) is 0.525. The highest BCUT2D eigenvalue weighted by molar-refractivity contribution is 9.10. The summed E-state index contributed by atoms with van der Waals surface area (Å²) < 4.78 is 7.32. The molecule has 0 radical (unpaired) electrons. The van der Waals surface area contributed by atoms with Gasteiger partial charge >= 0.3 is 0 Å². The lowest BCUT2D eigenvalue weighted by Crippen LogP contribution is -2.14. The highest BCUT2D eigenvalue weighted by Gasteiger charge is 2.13. The van der Waals surface area contributed by atoms with Gasteiger partial charge in [0, 0.05) is 28.4 Å². The van der Waals surface area contributed by atoms with Crippen LogP contribution in [0.5, 0.6) is 0 Å². The van der Waals surface area contributed by atoms with Crippen LogP contribution < -0.4 is 10.9 Å². The van der Waals surface area contributed by atoms with E-state index in [1.165, 1.54) is 17.4 Å². The second-order valence-electron chi connectivity index (χ2n) is 5.61. The number of nitrogens with zero attached hydrogens (tertiary/aromatic N) is 2. The molecule has 4 rings (SSSR count). The number of amides is 1. The van der Waals surface area contributed by atoms with Gasteiger partial charge in [-0.25, -0.2) is 4.98 Å². The molecule has 6 nitrogen and oxygen atoms in total. The van der Waals surface area contributed by atoms with Crippen molar-refractivity contribution in [2.45, 2.75) is 6.92 Å². The molecule has 0 bridgehead atoms. The molecule has 0 aliphatic heterocycles. The summed E-state index contributed by atoms with van der Waals surface area (Å²) in [4.78, 5) is 29.6. The average Bonchev–Trinajstić information content (AvgIpc) is 3.21. The summed E-state index contributed by atoms with van der Waals surface area (Å²) >= 11 is 4.58. The lowest BCUT2D eigenvalue weighted by Gasteiger charge is -2.06. The zero-order valence-corrected chi connectivity index (χ0v) is 15.9. The topological polar surface area (TPSA) is 76.6 Å². The van der Waals surface area contributed by atoms with Crippen LogP contribution in [-0.2, 0) is 0 Å². The van der Waals surface area contributed by atoms with Crippen LogP contribution in [0, 0.1) is 6.92 Å². The van der Waals surface area contributed by atoms with E-state index in [-0.39, 0.29) is 17.2 Å². The maximum Gasteiger partial charge on any atom is 0.291 e. The van der Waals surface area contributed by atoms with Crippen LogP contribution in [0.4, 0.5) is 5.69 Å². The van der Waals surface area contributed by atoms with Crippen molar-refractivity contribution in [1.82, 2.24) is 9.38 Å². The number of fused-ring (bicyclic) bond motifs is 1. The van der Waals surface area contributed by atoms with Crippen LogP contribution >= 0.6 is 27.3 Å². The molecule has 26 heavy (non-hydrogen) atoms. The second-order valence-corrected chi connectivity index (χ2v) is 7.23. The van der Waals surface area contributed by atoms with E-state index < -0.39 is 0 Å². The summed E-state index contributed by atoms with van der Waals surface area (Å²) in [5.74, 6) is -0.142. The van der Waals surface area contributed by atoms with Crippen molar-refractivity contribution in [2.24, 2.45) is 0 Å². The molecule has 8 heteroatoms. The molecule has 0 spiro atoms. The van der Waals surface area contributed by atoms with Gasteiger partial charge in [-0.1, -0.05) is 12.1 Å². The number of halogens is 1. The van der Waals surface area contributed by atoms with Gasteiger partial charge in [0.05, 0.1) is 5.69 Å². The predicted molar refractivity (Wildman–Crippen MR) is 104 cm³/mol. The Morgan fingerprint density at radius 3 is 2.88 bits per heavy atom. The molecular weight excluding hydrogens is 418 g/mol. The minimum absolute atomic E-state index is 0.126. The molecule has 0 atom stereocenters. The van der Waals surface area contributed by atoms with Crippen LogP contribution in [0.1, 0.15) is 16.2 Å². The zero-order chi connectivity index (χ0) is 18.3. The number of carbonyl (C=O) groups excluding carboxylic acids is 1. The maximum absolute atomic E-state index is 12.3. The number of thiazole rings is 1. The van der Waals surface area contributed by atoms with E-state index in [0.29, 0.717) is 21.0 Å². The van der Waals surface area contributed by atoms with Gasteiger partial charge in [0.25, 0.3) is 11.5 Å². The standard InChI is InChI=1S/C18H12BrN3O3S/c1-10-7-16(23)22-13(9-26-18(22)20-10)11-3-2-4-12(8-11)21-17(24)14-5-6-15(19)25-14/h2-9H,1H3,(H,21,24). The fraction of sp³-hybridized carbons (Fsp3) is 0.0556. The Kier molecular flexibility index (Phi) is 4.21. The minimum Gasteiger partial charge on any atom is -0.444 e. The number of carbonyl (C=O) groups is 1. The number of aromatic nitrogens is 2. The molecule has 1 amide bonds. The van der Waals surface area contributed by atoms with Gasteiger partial charge < -0.3 is 9.73 Å². The first-order valence-electron chi connectivity index (χ1n) is 7.66. The Hall–Kier alpha value is -2.71. The van der Waals surface area contributed by atoms with E-state index >= 15 is 0 Å². The van der Waals surface area contributed by atoms with Gasteiger partial charge in [-0.15, -0.1) is 11.3 Å². The maximum atomic E-state index is 12.3. The third-order valence-electron chi connectivity index (χ3n) is 3.75. The second kappa shape index (κ2) is 6.54. The molecule has 3 heterocycles. The lowest BCUT2D eigenvalue weighted by atomic mass is 10.1. The Bertz CT molecular complexity index is 1190. The Morgan fingerprint density at radius 1 is 1.27 bits per heavy atom. The number of furan rings is 1. The molecule has 0 aliphatic carbocycles. The zero-order valence-electron chi connectivity index (χ0n) is 13.5. The van der Waals surface area contributed by atoms with Gasteiger partial charge in [0.15, 0.2) is 15.4 Å². The Labute approximate surface area is 160 Å². The van der Waals surface area contributed by atoms with Gasteiger partial charge in [-0.05, 0) is 47.1 Å². The van der Waals surface area contributed by atoms with Crippen molar-refractivity contribution in [3.63, 3.8) is 0 Å². The molecule has 0 fully saturated rings. The van der Waals surface area contributed by atoms with E-state index in [2.05, 4.69) is 26.2 Å². The monoisotopic (exact) mass is 429 g/mol. The smallest absolute Gasteiger partial charge is 0.291 e. The van der Waals surface area contributed by atoms with E-state index in [1.807, 2.05) is 23.6 Å². The van der Waals surface area contributed by atoms with Crippen LogP contribution in [0.25, 0.3) is 16.2 Å². The van der Waals surface area contributed by atoms with Crippen molar-refractivity contribution in [2.75, 3.05) is 5.32 Å². The first kappa shape index (κ1) is 16.7. The molecule has 130 valence electrons. The summed E-state index contributed by atoms with van der Waals surface area (Å²) in [6, 6.07) is 12.0. The number of hydrogen-bond acceptors (Lipinski definition) is 5. The highest BCUT2D eigenvalue weighted by Crippen LogP contribution is 2.26. The Morgan fingerprint density at radius 2 is 2.12 bits per heavy atom. The fourth-order valence-corrected chi connectivity index (χ4v) is 3.87. The van der Waals surface area contributed by atoms with Crippen LogP contribution in [0.15, 0.2) is 61.7 Å². The number of rotatable bonds is 3. The molecule has 0 saturated carbocycles. The van der Waals surface area contributed by atoms with Gasteiger partial charge in [-0.3, -0.25) is 14.0 Å². The highest BCUT2D eigenvalue weighted by atomic mass is 79.9. The van der Waals surface area contributed by atoms with Crippen LogP contribution in [0.2, 0.25) is 0 Å². The van der Waals surface area contributed by atoms with E-state index in [4.69, 9.17) is 4.42 Å². The summed E-state index contributed by atoms with van der Waals surface area (Å²) in [7, 11) is 0.